The molecule has 0 fully saturated rings. The smallest absolute Gasteiger partial charge is 0.123 e. The van der Waals surface area contributed by atoms with Crippen LogP contribution in [0, 0.1) is 0 Å². The summed E-state index contributed by atoms with van der Waals surface area (Å²) >= 11 is 0. The zero-order chi connectivity index (χ0) is 13.4. The highest BCUT2D eigenvalue weighted by Crippen LogP contribution is 2.33. The lowest BCUT2D eigenvalue weighted by molar-refractivity contribution is 0.305. The van der Waals surface area contributed by atoms with E-state index in [1.807, 2.05) is 0 Å². The molecule has 0 amide bonds. The molecule has 0 spiro atoms. The first-order valence-corrected chi connectivity index (χ1v) is 7.05. The minimum Gasteiger partial charge on any atom is -0.493 e. The summed E-state index contributed by atoms with van der Waals surface area (Å²) in [5.74, 6) is 1.04. The molecule has 0 bridgehead atoms. The van der Waals surface area contributed by atoms with Gasteiger partial charge in [0.15, 0.2) is 0 Å². The van der Waals surface area contributed by atoms with Crippen LogP contribution in [-0.4, -0.2) is 19.7 Å². The molecule has 0 saturated heterocycles. The van der Waals surface area contributed by atoms with Gasteiger partial charge >= 0.3 is 0 Å². The van der Waals surface area contributed by atoms with Crippen LogP contribution in [0.25, 0.3) is 0 Å². The fourth-order valence-corrected chi connectivity index (χ4v) is 2.08. The standard InChI is InChI=1S/C16H27NO/c1-5-13-18-15-10-8-7-9-14(15)16(3,4)11-12-17-6-2/h7-10,17H,5-6,11-13H2,1-4H3. The third-order valence-electron chi connectivity index (χ3n) is 3.25. The molecule has 0 aliphatic carbocycles. The highest BCUT2D eigenvalue weighted by Gasteiger charge is 2.23. The Bertz CT molecular complexity index is 347. The van der Waals surface area contributed by atoms with Crippen LogP contribution in [-0.2, 0) is 5.41 Å². The fraction of sp³-hybridized carbons (Fsp3) is 0.625. The van der Waals surface area contributed by atoms with E-state index in [0.717, 1.165) is 38.3 Å². The van der Waals surface area contributed by atoms with E-state index in [-0.39, 0.29) is 5.41 Å². The van der Waals surface area contributed by atoms with Crippen molar-refractivity contribution in [2.45, 2.75) is 46.0 Å². The van der Waals surface area contributed by atoms with Crippen LogP contribution in [0.15, 0.2) is 24.3 Å². The van der Waals surface area contributed by atoms with E-state index < -0.39 is 0 Å². The molecule has 0 aromatic heterocycles. The summed E-state index contributed by atoms with van der Waals surface area (Å²) < 4.78 is 5.86. The van der Waals surface area contributed by atoms with Gasteiger partial charge in [-0.15, -0.1) is 0 Å². The predicted octanol–water partition coefficient (Wildman–Crippen LogP) is 3.75. The summed E-state index contributed by atoms with van der Waals surface area (Å²) in [6, 6.07) is 8.43. The summed E-state index contributed by atoms with van der Waals surface area (Å²) in [5, 5.41) is 3.40. The monoisotopic (exact) mass is 249 g/mol. The van der Waals surface area contributed by atoms with Crippen molar-refractivity contribution in [1.82, 2.24) is 5.32 Å². The van der Waals surface area contributed by atoms with E-state index >= 15 is 0 Å². The number of hydrogen-bond donors (Lipinski definition) is 1. The molecular formula is C16H27NO. The Hall–Kier alpha value is -1.02. The Labute approximate surface area is 112 Å². The number of nitrogens with one attached hydrogen (secondary N) is 1. The predicted molar refractivity (Wildman–Crippen MR) is 78.4 cm³/mol. The average molecular weight is 249 g/mol. The van der Waals surface area contributed by atoms with Gasteiger partial charge in [-0.05, 0) is 43.0 Å². The molecule has 1 rings (SSSR count). The van der Waals surface area contributed by atoms with Gasteiger partial charge in [0.1, 0.15) is 5.75 Å². The highest BCUT2D eigenvalue weighted by atomic mass is 16.5. The van der Waals surface area contributed by atoms with Gasteiger partial charge in [-0.3, -0.25) is 0 Å². The minimum atomic E-state index is 0.145. The first-order valence-electron chi connectivity index (χ1n) is 7.05. The van der Waals surface area contributed by atoms with Crippen molar-refractivity contribution >= 4 is 0 Å². The van der Waals surface area contributed by atoms with Crippen molar-refractivity contribution < 1.29 is 4.74 Å². The average Bonchev–Trinajstić information content (AvgIpc) is 2.37. The largest absolute Gasteiger partial charge is 0.493 e. The van der Waals surface area contributed by atoms with Crippen LogP contribution in [0.1, 0.15) is 46.1 Å². The molecule has 18 heavy (non-hydrogen) atoms. The first kappa shape index (κ1) is 15.0. The van der Waals surface area contributed by atoms with E-state index in [0.29, 0.717) is 0 Å². The summed E-state index contributed by atoms with van der Waals surface area (Å²) in [7, 11) is 0. The SMILES string of the molecule is CCCOc1ccccc1C(C)(C)CCNCC. The van der Waals surface area contributed by atoms with Gasteiger partial charge in [0.2, 0.25) is 0 Å². The molecule has 102 valence electrons. The van der Waals surface area contributed by atoms with Gasteiger partial charge in [-0.2, -0.15) is 0 Å². The zero-order valence-electron chi connectivity index (χ0n) is 12.3. The number of ether oxygens (including phenoxy) is 1. The second-order valence-corrected chi connectivity index (χ2v) is 5.33. The zero-order valence-corrected chi connectivity index (χ0v) is 12.3. The fourth-order valence-electron chi connectivity index (χ4n) is 2.08. The molecule has 1 aromatic rings. The number of hydrogen-bond acceptors (Lipinski definition) is 2. The Kier molecular flexibility index (Phi) is 6.20. The van der Waals surface area contributed by atoms with Crippen LogP contribution in [0.3, 0.4) is 0 Å². The molecular weight excluding hydrogens is 222 g/mol. The second-order valence-electron chi connectivity index (χ2n) is 5.33. The third kappa shape index (κ3) is 4.34. The Balaban J connectivity index is 2.78. The van der Waals surface area contributed by atoms with Crippen LogP contribution in [0.5, 0.6) is 5.75 Å². The maximum absolute atomic E-state index is 5.86. The summed E-state index contributed by atoms with van der Waals surface area (Å²) in [4.78, 5) is 0. The molecule has 0 aliphatic heterocycles. The van der Waals surface area contributed by atoms with Gasteiger partial charge in [0.25, 0.3) is 0 Å². The molecule has 2 heteroatoms. The van der Waals surface area contributed by atoms with E-state index in [1.165, 1.54) is 5.56 Å². The molecule has 1 aromatic carbocycles. The molecule has 0 unspecified atom stereocenters. The van der Waals surface area contributed by atoms with E-state index in [4.69, 9.17) is 4.74 Å². The van der Waals surface area contributed by atoms with Gasteiger partial charge < -0.3 is 10.1 Å². The molecule has 2 nitrogen and oxygen atoms in total. The first-order chi connectivity index (χ1) is 8.61. The maximum atomic E-state index is 5.86. The molecule has 0 radical (unpaired) electrons. The maximum Gasteiger partial charge on any atom is 0.123 e. The van der Waals surface area contributed by atoms with E-state index in [1.54, 1.807) is 0 Å². The van der Waals surface area contributed by atoms with E-state index in [2.05, 4.69) is 57.3 Å². The Morgan fingerprint density at radius 3 is 2.56 bits per heavy atom. The number of para-hydroxylation sites is 1. The van der Waals surface area contributed by atoms with Crippen molar-refractivity contribution in [3.63, 3.8) is 0 Å². The summed E-state index contributed by atoms with van der Waals surface area (Å²) in [5.41, 5.74) is 1.46. The lowest BCUT2D eigenvalue weighted by atomic mass is 9.81. The van der Waals surface area contributed by atoms with Crippen LogP contribution < -0.4 is 10.1 Å². The van der Waals surface area contributed by atoms with Gasteiger partial charge in [-0.1, -0.05) is 45.9 Å². The number of benzene rings is 1. The van der Waals surface area contributed by atoms with Gasteiger partial charge in [0.05, 0.1) is 6.61 Å². The second kappa shape index (κ2) is 7.42. The van der Waals surface area contributed by atoms with Crippen LogP contribution in [0.2, 0.25) is 0 Å². The van der Waals surface area contributed by atoms with Crippen molar-refractivity contribution in [2.24, 2.45) is 0 Å². The molecule has 0 heterocycles. The highest BCUT2D eigenvalue weighted by molar-refractivity contribution is 5.38. The van der Waals surface area contributed by atoms with E-state index in [9.17, 15) is 0 Å². The normalized spacial score (nSPS) is 11.6. The van der Waals surface area contributed by atoms with Crippen LogP contribution >= 0.6 is 0 Å². The van der Waals surface area contributed by atoms with Crippen molar-refractivity contribution in [1.29, 1.82) is 0 Å². The number of rotatable bonds is 8. The van der Waals surface area contributed by atoms with Crippen LogP contribution in [0.4, 0.5) is 0 Å². The van der Waals surface area contributed by atoms with Crippen molar-refractivity contribution in [3.05, 3.63) is 29.8 Å². The Morgan fingerprint density at radius 1 is 1.17 bits per heavy atom. The van der Waals surface area contributed by atoms with Crippen molar-refractivity contribution in [2.75, 3.05) is 19.7 Å². The topological polar surface area (TPSA) is 21.3 Å². The lowest BCUT2D eigenvalue weighted by Gasteiger charge is -2.27. The summed E-state index contributed by atoms with van der Waals surface area (Å²) in [6.45, 7) is 11.7. The molecule has 0 saturated carbocycles. The third-order valence-corrected chi connectivity index (χ3v) is 3.25. The van der Waals surface area contributed by atoms with Gasteiger partial charge in [-0.25, -0.2) is 0 Å². The van der Waals surface area contributed by atoms with Crippen molar-refractivity contribution in [3.8, 4) is 5.75 Å². The van der Waals surface area contributed by atoms with Gasteiger partial charge in [0, 0.05) is 0 Å². The quantitative estimate of drug-likeness (QED) is 0.708. The molecule has 0 aliphatic rings. The molecule has 1 N–H and O–H groups in total. The molecule has 0 atom stereocenters. The summed E-state index contributed by atoms with van der Waals surface area (Å²) in [6.07, 6.45) is 2.17. The Morgan fingerprint density at radius 2 is 1.89 bits per heavy atom. The lowest BCUT2D eigenvalue weighted by Crippen LogP contribution is -2.26. The minimum absolute atomic E-state index is 0.145.